The number of hydrogen-bond donors (Lipinski definition) is 0. The second-order valence-corrected chi connectivity index (χ2v) is 7.47. The molecule has 0 unspecified atom stereocenters. The van der Waals surface area contributed by atoms with Crippen molar-refractivity contribution in [3.63, 3.8) is 0 Å². The topological polar surface area (TPSA) is 48.0 Å². The average molecular weight is 400 g/mol. The monoisotopic (exact) mass is 399 g/mol. The maximum Gasteiger partial charge on any atom is 0.232 e. The van der Waals surface area contributed by atoms with Gasteiger partial charge in [-0.1, -0.05) is 23.7 Å². The number of nitrogens with zero attached hydrogens (tertiary/aromatic N) is 1. The fourth-order valence-corrected chi connectivity index (χ4v) is 3.69. The average Bonchev–Trinajstić information content (AvgIpc) is 3.01. The van der Waals surface area contributed by atoms with Crippen molar-refractivity contribution in [3.05, 3.63) is 63.4 Å². The fraction of sp³-hybridized carbons (Fsp3) is 0.318. The molecule has 0 N–H and O–H groups in total. The van der Waals surface area contributed by atoms with Crippen molar-refractivity contribution < 1.29 is 19.0 Å². The molecule has 2 aliphatic rings. The Hall–Kier alpha value is -2.34. The first-order valence-corrected chi connectivity index (χ1v) is 9.65. The molecule has 28 heavy (non-hydrogen) atoms. The zero-order valence-electron chi connectivity index (χ0n) is 16.0. The molecular formula is C22H22ClNO4. The molecular weight excluding hydrogens is 378 g/mol. The smallest absolute Gasteiger partial charge is 0.232 e. The Bertz CT molecular complexity index is 937. The highest BCUT2D eigenvalue weighted by molar-refractivity contribution is 6.30. The molecule has 0 spiro atoms. The van der Waals surface area contributed by atoms with Gasteiger partial charge in [0.05, 0.1) is 11.1 Å². The Kier molecular flexibility index (Phi) is 5.40. The molecule has 2 aromatic carbocycles. The van der Waals surface area contributed by atoms with Gasteiger partial charge >= 0.3 is 0 Å². The van der Waals surface area contributed by atoms with Gasteiger partial charge in [-0.25, -0.2) is 0 Å². The Balaban J connectivity index is 1.64. The van der Waals surface area contributed by atoms with Crippen LogP contribution in [0.4, 0.5) is 0 Å². The summed E-state index contributed by atoms with van der Waals surface area (Å²) in [6.07, 6.45) is 2.68. The number of halogens is 1. The van der Waals surface area contributed by atoms with Gasteiger partial charge in [-0.15, -0.1) is 0 Å². The van der Waals surface area contributed by atoms with E-state index >= 15 is 0 Å². The lowest BCUT2D eigenvalue weighted by atomic mass is 9.98. The first-order valence-electron chi connectivity index (χ1n) is 9.27. The summed E-state index contributed by atoms with van der Waals surface area (Å²) in [6.45, 7) is 4.69. The molecule has 0 radical (unpaired) electrons. The van der Waals surface area contributed by atoms with Crippen molar-refractivity contribution in [2.45, 2.75) is 19.9 Å². The van der Waals surface area contributed by atoms with E-state index in [1.807, 2.05) is 25.1 Å². The number of Topliss-reactive ketones (excluding diaryl/α,β-unsaturated/α-hetero) is 1. The lowest BCUT2D eigenvalue weighted by Crippen LogP contribution is -2.33. The minimum atomic E-state index is -0.0956. The Morgan fingerprint density at radius 1 is 1.29 bits per heavy atom. The van der Waals surface area contributed by atoms with Gasteiger partial charge in [0.2, 0.25) is 5.78 Å². The summed E-state index contributed by atoms with van der Waals surface area (Å²) in [6, 6.07) is 9.24. The molecule has 0 saturated heterocycles. The highest BCUT2D eigenvalue weighted by Gasteiger charge is 2.35. The SMILES string of the molecule is COCCCN1COc2cc(C)c3c(c2C1)O/C(=C\c1ccc(Cl)cc1)C3=O. The van der Waals surface area contributed by atoms with Crippen LogP contribution < -0.4 is 9.47 Å². The zero-order valence-corrected chi connectivity index (χ0v) is 16.7. The maximum atomic E-state index is 13.0. The van der Waals surface area contributed by atoms with Crippen LogP contribution in [0.25, 0.3) is 6.08 Å². The van der Waals surface area contributed by atoms with Crippen molar-refractivity contribution in [2.24, 2.45) is 0 Å². The minimum Gasteiger partial charge on any atom is -0.478 e. The molecule has 0 aliphatic carbocycles. The van der Waals surface area contributed by atoms with Crippen LogP contribution in [-0.4, -0.2) is 37.7 Å². The fourth-order valence-electron chi connectivity index (χ4n) is 3.56. The lowest BCUT2D eigenvalue weighted by molar-refractivity contribution is 0.0822. The number of benzene rings is 2. The number of allylic oxidation sites excluding steroid dienone is 1. The number of hydrogen-bond acceptors (Lipinski definition) is 5. The molecule has 2 heterocycles. The van der Waals surface area contributed by atoms with Crippen LogP contribution in [0.5, 0.6) is 11.5 Å². The molecule has 0 aromatic heterocycles. The van der Waals surface area contributed by atoms with Gasteiger partial charge in [0.15, 0.2) is 5.76 Å². The summed E-state index contributed by atoms with van der Waals surface area (Å²) in [5, 5.41) is 0.653. The van der Waals surface area contributed by atoms with Gasteiger partial charge in [0, 0.05) is 31.8 Å². The summed E-state index contributed by atoms with van der Waals surface area (Å²) in [7, 11) is 1.70. The molecule has 0 amide bonds. The largest absolute Gasteiger partial charge is 0.478 e. The third-order valence-corrected chi connectivity index (χ3v) is 5.23. The van der Waals surface area contributed by atoms with Crippen molar-refractivity contribution in [3.8, 4) is 11.5 Å². The molecule has 0 saturated carbocycles. The Morgan fingerprint density at radius 3 is 2.82 bits per heavy atom. The molecule has 0 bridgehead atoms. The standard InChI is InChI=1S/C22H22ClNO4/c1-14-10-18-17(12-24(13-27-18)8-3-9-26-2)22-20(14)21(25)19(28-22)11-15-4-6-16(23)7-5-15/h4-7,10-11H,3,8-9,12-13H2,1-2H3/b19-11-. The van der Waals surface area contributed by atoms with Crippen LogP contribution in [0, 0.1) is 6.92 Å². The highest BCUT2D eigenvalue weighted by Crippen LogP contribution is 2.44. The van der Waals surface area contributed by atoms with E-state index in [0.29, 0.717) is 42.0 Å². The molecule has 2 aromatic rings. The van der Waals surface area contributed by atoms with Crippen molar-refractivity contribution >= 4 is 23.5 Å². The number of fused-ring (bicyclic) bond motifs is 3. The van der Waals surface area contributed by atoms with Crippen LogP contribution >= 0.6 is 11.6 Å². The van der Waals surface area contributed by atoms with Gasteiger partial charge in [0.25, 0.3) is 0 Å². The summed E-state index contributed by atoms with van der Waals surface area (Å²) >= 11 is 5.94. The van der Waals surface area contributed by atoms with E-state index in [9.17, 15) is 4.79 Å². The third kappa shape index (κ3) is 3.65. The van der Waals surface area contributed by atoms with Crippen molar-refractivity contribution in [2.75, 3.05) is 27.0 Å². The lowest BCUT2D eigenvalue weighted by Gasteiger charge is -2.30. The minimum absolute atomic E-state index is 0.0956. The summed E-state index contributed by atoms with van der Waals surface area (Å²) < 4.78 is 17.1. The first-order chi connectivity index (χ1) is 13.6. The van der Waals surface area contributed by atoms with Crippen molar-refractivity contribution in [1.82, 2.24) is 4.90 Å². The van der Waals surface area contributed by atoms with Crippen LogP contribution in [0.3, 0.4) is 0 Å². The quantitative estimate of drug-likeness (QED) is 0.549. The summed E-state index contributed by atoms with van der Waals surface area (Å²) in [4.78, 5) is 15.2. The maximum absolute atomic E-state index is 13.0. The van der Waals surface area contributed by atoms with E-state index < -0.39 is 0 Å². The Morgan fingerprint density at radius 2 is 2.07 bits per heavy atom. The van der Waals surface area contributed by atoms with Crippen LogP contribution in [-0.2, 0) is 11.3 Å². The van der Waals surface area contributed by atoms with Gasteiger partial charge in [0.1, 0.15) is 18.2 Å². The van der Waals surface area contributed by atoms with Crippen LogP contribution in [0.2, 0.25) is 5.02 Å². The number of aryl methyl sites for hydroxylation is 1. The molecule has 0 atom stereocenters. The van der Waals surface area contributed by atoms with Crippen LogP contribution in [0.1, 0.15) is 33.5 Å². The van der Waals surface area contributed by atoms with Gasteiger partial charge < -0.3 is 14.2 Å². The van der Waals surface area contributed by atoms with Crippen LogP contribution in [0.15, 0.2) is 36.1 Å². The number of ether oxygens (including phenoxy) is 3. The third-order valence-electron chi connectivity index (χ3n) is 4.98. The second-order valence-electron chi connectivity index (χ2n) is 7.04. The molecule has 146 valence electrons. The first kappa shape index (κ1) is 19.0. The number of carbonyl (C=O) groups excluding carboxylic acids is 1. The predicted octanol–water partition coefficient (Wildman–Crippen LogP) is 4.45. The highest BCUT2D eigenvalue weighted by atomic mass is 35.5. The van der Waals surface area contributed by atoms with E-state index in [2.05, 4.69) is 4.90 Å². The zero-order chi connectivity index (χ0) is 19.7. The molecule has 2 aliphatic heterocycles. The van der Waals surface area contributed by atoms with E-state index in [-0.39, 0.29) is 5.78 Å². The number of rotatable bonds is 5. The van der Waals surface area contributed by atoms with Gasteiger partial charge in [-0.2, -0.15) is 0 Å². The number of methoxy groups -OCH3 is 1. The molecule has 6 heteroatoms. The van der Waals surface area contributed by atoms with Crippen molar-refractivity contribution in [1.29, 1.82) is 0 Å². The number of ketones is 1. The summed E-state index contributed by atoms with van der Waals surface area (Å²) in [5.41, 5.74) is 3.29. The number of carbonyl (C=O) groups is 1. The van der Waals surface area contributed by atoms with E-state index in [1.54, 1.807) is 25.3 Å². The molecule has 5 nitrogen and oxygen atoms in total. The van der Waals surface area contributed by atoms with Gasteiger partial charge in [-0.3, -0.25) is 9.69 Å². The predicted molar refractivity (Wildman–Crippen MR) is 108 cm³/mol. The molecule has 0 fully saturated rings. The Labute approximate surface area is 169 Å². The summed E-state index contributed by atoms with van der Waals surface area (Å²) in [5.74, 6) is 1.64. The van der Waals surface area contributed by atoms with E-state index in [1.165, 1.54) is 0 Å². The van der Waals surface area contributed by atoms with E-state index in [0.717, 1.165) is 35.4 Å². The van der Waals surface area contributed by atoms with Gasteiger partial charge in [-0.05, 0) is 48.7 Å². The molecule has 4 rings (SSSR count). The second kappa shape index (κ2) is 7.95. The normalized spacial score (nSPS) is 17.2. The van der Waals surface area contributed by atoms with E-state index in [4.69, 9.17) is 25.8 Å².